The SMILES string of the molecule is CC(C)C[C@H](N)C(=O)Nc1nnc(C(C)C)s1. The molecule has 0 spiro atoms. The maximum absolute atomic E-state index is 11.7. The van der Waals surface area contributed by atoms with Gasteiger partial charge in [0.2, 0.25) is 11.0 Å². The summed E-state index contributed by atoms with van der Waals surface area (Å²) < 4.78 is 0. The number of nitrogens with one attached hydrogen (secondary N) is 1. The molecule has 0 fully saturated rings. The zero-order chi connectivity index (χ0) is 13.0. The van der Waals surface area contributed by atoms with E-state index in [0.717, 1.165) is 5.01 Å². The van der Waals surface area contributed by atoms with Gasteiger partial charge < -0.3 is 5.73 Å². The Morgan fingerprint density at radius 3 is 2.47 bits per heavy atom. The van der Waals surface area contributed by atoms with Gasteiger partial charge >= 0.3 is 0 Å². The van der Waals surface area contributed by atoms with E-state index in [1.165, 1.54) is 11.3 Å². The van der Waals surface area contributed by atoms with Crippen LogP contribution >= 0.6 is 11.3 Å². The summed E-state index contributed by atoms with van der Waals surface area (Å²) in [4.78, 5) is 11.7. The summed E-state index contributed by atoms with van der Waals surface area (Å²) in [6.45, 7) is 8.15. The van der Waals surface area contributed by atoms with Gasteiger partial charge in [0.15, 0.2) is 0 Å². The van der Waals surface area contributed by atoms with Crippen LogP contribution in [0.15, 0.2) is 0 Å². The predicted molar refractivity (Wildman–Crippen MR) is 70.1 cm³/mol. The maximum Gasteiger partial charge on any atom is 0.243 e. The number of carbonyl (C=O) groups is 1. The summed E-state index contributed by atoms with van der Waals surface area (Å²) >= 11 is 1.40. The quantitative estimate of drug-likeness (QED) is 0.844. The lowest BCUT2D eigenvalue weighted by Crippen LogP contribution is -2.36. The molecule has 0 saturated heterocycles. The summed E-state index contributed by atoms with van der Waals surface area (Å²) in [5.41, 5.74) is 5.78. The van der Waals surface area contributed by atoms with E-state index in [1.54, 1.807) is 0 Å². The number of hydrogen-bond donors (Lipinski definition) is 2. The molecule has 5 nitrogen and oxygen atoms in total. The molecule has 0 bridgehead atoms. The van der Waals surface area contributed by atoms with E-state index in [9.17, 15) is 4.79 Å². The molecular weight excluding hydrogens is 236 g/mol. The van der Waals surface area contributed by atoms with Crippen molar-refractivity contribution in [2.75, 3.05) is 5.32 Å². The molecule has 6 heteroatoms. The highest BCUT2D eigenvalue weighted by Gasteiger charge is 2.17. The van der Waals surface area contributed by atoms with Crippen molar-refractivity contribution in [3.05, 3.63) is 5.01 Å². The average molecular weight is 256 g/mol. The van der Waals surface area contributed by atoms with Crippen LogP contribution in [0.1, 0.15) is 45.0 Å². The van der Waals surface area contributed by atoms with Gasteiger partial charge in [0.1, 0.15) is 5.01 Å². The zero-order valence-electron chi connectivity index (χ0n) is 10.7. The van der Waals surface area contributed by atoms with E-state index >= 15 is 0 Å². The second kappa shape index (κ2) is 6.07. The Labute approximate surface area is 106 Å². The Balaban J connectivity index is 2.55. The van der Waals surface area contributed by atoms with E-state index in [1.807, 2.05) is 27.7 Å². The normalized spacial score (nSPS) is 13.1. The molecule has 1 rings (SSSR count). The monoisotopic (exact) mass is 256 g/mol. The molecular formula is C11H20N4OS. The third-order valence-corrected chi connectivity index (χ3v) is 3.37. The molecule has 1 amide bonds. The lowest BCUT2D eigenvalue weighted by atomic mass is 10.0. The van der Waals surface area contributed by atoms with Gasteiger partial charge in [-0.15, -0.1) is 10.2 Å². The first-order valence-corrected chi connectivity index (χ1v) is 6.61. The van der Waals surface area contributed by atoms with Crippen LogP contribution in [0, 0.1) is 5.92 Å². The smallest absolute Gasteiger partial charge is 0.243 e. The fraction of sp³-hybridized carbons (Fsp3) is 0.727. The fourth-order valence-electron chi connectivity index (χ4n) is 1.33. The number of hydrogen-bond acceptors (Lipinski definition) is 5. The van der Waals surface area contributed by atoms with Gasteiger partial charge in [-0.3, -0.25) is 10.1 Å². The first kappa shape index (κ1) is 14.1. The van der Waals surface area contributed by atoms with Crippen LogP contribution in [0.2, 0.25) is 0 Å². The summed E-state index contributed by atoms with van der Waals surface area (Å²) in [5, 5.41) is 12.1. The second-order valence-corrected chi connectivity index (χ2v) is 5.83. The maximum atomic E-state index is 11.7. The standard InChI is InChI=1S/C11H20N4OS/c1-6(2)5-8(12)9(16)13-11-15-14-10(17-11)7(3)4/h6-8H,5,12H2,1-4H3,(H,13,15,16)/t8-/m0/s1. The van der Waals surface area contributed by atoms with Crippen LogP contribution in [0.25, 0.3) is 0 Å². The molecule has 17 heavy (non-hydrogen) atoms. The van der Waals surface area contributed by atoms with Crippen molar-refractivity contribution in [1.82, 2.24) is 10.2 Å². The number of nitrogens with two attached hydrogens (primary N) is 1. The van der Waals surface area contributed by atoms with Crippen molar-refractivity contribution in [2.45, 2.75) is 46.1 Å². The minimum atomic E-state index is -0.485. The summed E-state index contributed by atoms with van der Waals surface area (Å²) in [6.07, 6.45) is 0.668. The third kappa shape index (κ3) is 4.40. The Morgan fingerprint density at radius 1 is 1.35 bits per heavy atom. The lowest BCUT2D eigenvalue weighted by Gasteiger charge is -2.12. The Hall–Kier alpha value is -1.01. The molecule has 3 N–H and O–H groups in total. The van der Waals surface area contributed by atoms with Gasteiger partial charge in [0.05, 0.1) is 6.04 Å². The number of amides is 1. The van der Waals surface area contributed by atoms with Gasteiger partial charge in [0.25, 0.3) is 0 Å². The first-order valence-electron chi connectivity index (χ1n) is 5.80. The van der Waals surface area contributed by atoms with Gasteiger partial charge in [0, 0.05) is 5.92 Å². The van der Waals surface area contributed by atoms with Crippen LogP contribution in [0.5, 0.6) is 0 Å². The van der Waals surface area contributed by atoms with Crippen LogP contribution in [-0.2, 0) is 4.79 Å². The molecule has 1 heterocycles. The molecule has 0 unspecified atom stereocenters. The molecule has 0 aliphatic rings. The molecule has 0 aromatic carbocycles. The Morgan fingerprint density at radius 2 is 2.00 bits per heavy atom. The summed E-state index contributed by atoms with van der Waals surface area (Å²) in [7, 11) is 0. The minimum absolute atomic E-state index is 0.190. The number of anilines is 1. The van der Waals surface area contributed by atoms with Crippen molar-refractivity contribution in [3.63, 3.8) is 0 Å². The molecule has 0 saturated carbocycles. The highest BCUT2D eigenvalue weighted by atomic mass is 32.1. The third-order valence-electron chi connectivity index (χ3n) is 2.23. The lowest BCUT2D eigenvalue weighted by molar-refractivity contribution is -0.117. The van der Waals surface area contributed by atoms with Crippen LogP contribution in [-0.4, -0.2) is 22.1 Å². The minimum Gasteiger partial charge on any atom is -0.320 e. The van der Waals surface area contributed by atoms with Crippen molar-refractivity contribution < 1.29 is 4.79 Å². The first-order chi connectivity index (χ1) is 7.90. The van der Waals surface area contributed by atoms with E-state index in [-0.39, 0.29) is 5.91 Å². The van der Waals surface area contributed by atoms with Gasteiger partial charge in [-0.2, -0.15) is 0 Å². The molecule has 0 aliphatic carbocycles. The molecule has 96 valence electrons. The number of aromatic nitrogens is 2. The molecule has 1 aromatic rings. The van der Waals surface area contributed by atoms with E-state index < -0.39 is 6.04 Å². The Bertz CT molecular complexity index is 375. The number of rotatable bonds is 5. The number of nitrogens with zero attached hydrogens (tertiary/aromatic N) is 2. The highest BCUT2D eigenvalue weighted by molar-refractivity contribution is 7.15. The fourth-order valence-corrected chi connectivity index (χ4v) is 2.08. The van der Waals surface area contributed by atoms with Gasteiger partial charge in [-0.25, -0.2) is 0 Å². The Kier molecular flexibility index (Phi) is 5.02. The second-order valence-electron chi connectivity index (χ2n) is 4.83. The summed E-state index contributed by atoms with van der Waals surface area (Å²) in [5.74, 6) is 0.532. The molecule has 0 radical (unpaired) electrons. The molecule has 0 aliphatic heterocycles. The van der Waals surface area contributed by atoms with E-state index in [2.05, 4.69) is 15.5 Å². The van der Waals surface area contributed by atoms with Crippen LogP contribution in [0.3, 0.4) is 0 Å². The average Bonchev–Trinajstić information content (AvgIpc) is 2.65. The van der Waals surface area contributed by atoms with E-state index in [0.29, 0.717) is 23.4 Å². The van der Waals surface area contributed by atoms with Crippen molar-refractivity contribution >= 4 is 22.4 Å². The highest BCUT2D eigenvalue weighted by Crippen LogP contribution is 2.22. The van der Waals surface area contributed by atoms with Crippen LogP contribution in [0.4, 0.5) is 5.13 Å². The van der Waals surface area contributed by atoms with E-state index in [4.69, 9.17) is 5.73 Å². The molecule has 1 aromatic heterocycles. The van der Waals surface area contributed by atoms with Crippen molar-refractivity contribution in [1.29, 1.82) is 0 Å². The zero-order valence-corrected chi connectivity index (χ0v) is 11.5. The van der Waals surface area contributed by atoms with Gasteiger partial charge in [-0.1, -0.05) is 39.0 Å². The van der Waals surface area contributed by atoms with Crippen molar-refractivity contribution in [2.24, 2.45) is 11.7 Å². The predicted octanol–water partition coefficient (Wildman–Crippen LogP) is 1.97. The molecule has 1 atom stereocenters. The van der Waals surface area contributed by atoms with Gasteiger partial charge in [-0.05, 0) is 12.3 Å². The number of carbonyl (C=O) groups excluding carboxylic acids is 1. The largest absolute Gasteiger partial charge is 0.320 e. The topological polar surface area (TPSA) is 80.9 Å². The van der Waals surface area contributed by atoms with Crippen molar-refractivity contribution in [3.8, 4) is 0 Å². The van der Waals surface area contributed by atoms with Crippen LogP contribution < -0.4 is 11.1 Å². The summed E-state index contributed by atoms with van der Waals surface area (Å²) in [6, 6.07) is -0.485.